The highest BCUT2D eigenvalue weighted by Gasteiger charge is 2.20. The monoisotopic (exact) mass is 290 g/mol. The van der Waals surface area contributed by atoms with E-state index in [-0.39, 0.29) is 18.2 Å². The molecular weight excluding hydrogens is 268 g/mol. The van der Waals surface area contributed by atoms with Crippen LogP contribution in [0.15, 0.2) is 24.3 Å². The first-order valence-corrected chi connectivity index (χ1v) is 7.21. The third-order valence-electron chi connectivity index (χ3n) is 3.85. The number of amides is 1. The smallest absolute Gasteiger partial charge is 0.244 e. The Labute approximate surface area is 125 Å². The molecule has 0 atom stereocenters. The Kier molecular flexibility index (Phi) is 4.85. The third kappa shape index (κ3) is 3.98. The van der Waals surface area contributed by atoms with E-state index in [0.29, 0.717) is 12.3 Å². The summed E-state index contributed by atoms with van der Waals surface area (Å²) in [6.45, 7) is 4.77. The maximum Gasteiger partial charge on any atom is 0.244 e. The van der Waals surface area contributed by atoms with Crippen molar-refractivity contribution >= 4 is 12.0 Å². The van der Waals surface area contributed by atoms with Gasteiger partial charge in [0.2, 0.25) is 12.7 Å². The van der Waals surface area contributed by atoms with Crippen molar-refractivity contribution in [2.24, 2.45) is 5.73 Å². The lowest BCUT2D eigenvalue weighted by molar-refractivity contribution is -0.116. The van der Waals surface area contributed by atoms with Crippen LogP contribution in [0.3, 0.4) is 0 Å². The number of rotatable bonds is 6. The number of ether oxygens (including phenoxy) is 2. The highest BCUT2D eigenvalue weighted by molar-refractivity contribution is 5.91. The molecular formula is C16H22N2O3. The standard InChI is InChI=1S/C16H22N2O3/c1-3-16(17,4-2)10-18-15(19)8-6-12-5-7-13-14(9-12)21-11-20-13/h5-9H,3-4,10-11,17H2,1-2H3,(H,18,19)/b8-6+. The summed E-state index contributed by atoms with van der Waals surface area (Å²) < 4.78 is 10.5. The lowest BCUT2D eigenvalue weighted by Gasteiger charge is -2.26. The van der Waals surface area contributed by atoms with Crippen molar-refractivity contribution in [1.29, 1.82) is 0 Å². The molecule has 0 radical (unpaired) electrons. The van der Waals surface area contributed by atoms with E-state index < -0.39 is 0 Å². The van der Waals surface area contributed by atoms with E-state index in [0.717, 1.165) is 24.2 Å². The van der Waals surface area contributed by atoms with Crippen LogP contribution in [-0.4, -0.2) is 24.8 Å². The van der Waals surface area contributed by atoms with E-state index in [1.807, 2.05) is 32.0 Å². The normalized spacial score (nSPS) is 13.7. The Balaban J connectivity index is 1.90. The van der Waals surface area contributed by atoms with Crippen molar-refractivity contribution in [3.05, 3.63) is 29.8 Å². The van der Waals surface area contributed by atoms with Crippen molar-refractivity contribution in [3.63, 3.8) is 0 Å². The van der Waals surface area contributed by atoms with Crippen LogP contribution in [0.5, 0.6) is 11.5 Å². The van der Waals surface area contributed by atoms with Crippen molar-refractivity contribution in [2.45, 2.75) is 32.2 Å². The molecule has 114 valence electrons. The van der Waals surface area contributed by atoms with E-state index >= 15 is 0 Å². The minimum atomic E-state index is -0.331. The summed E-state index contributed by atoms with van der Waals surface area (Å²) in [5.41, 5.74) is 6.70. The number of carbonyl (C=O) groups excluding carboxylic acids is 1. The van der Waals surface area contributed by atoms with Gasteiger partial charge < -0.3 is 20.5 Å². The van der Waals surface area contributed by atoms with Crippen LogP contribution in [0.4, 0.5) is 0 Å². The predicted molar refractivity (Wildman–Crippen MR) is 82.1 cm³/mol. The zero-order chi connectivity index (χ0) is 15.3. The van der Waals surface area contributed by atoms with Gasteiger partial charge in [0.15, 0.2) is 11.5 Å². The van der Waals surface area contributed by atoms with E-state index in [1.54, 1.807) is 6.08 Å². The van der Waals surface area contributed by atoms with Gasteiger partial charge in [0.05, 0.1) is 0 Å². The van der Waals surface area contributed by atoms with E-state index in [4.69, 9.17) is 15.2 Å². The molecule has 1 aromatic carbocycles. The maximum atomic E-state index is 11.8. The molecule has 0 fully saturated rings. The second-order valence-electron chi connectivity index (χ2n) is 5.23. The van der Waals surface area contributed by atoms with E-state index in [9.17, 15) is 4.79 Å². The van der Waals surface area contributed by atoms with Crippen LogP contribution < -0.4 is 20.5 Å². The molecule has 5 heteroatoms. The van der Waals surface area contributed by atoms with Crippen molar-refractivity contribution in [1.82, 2.24) is 5.32 Å². The molecule has 0 bridgehead atoms. The van der Waals surface area contributed by atoms with Crippen molar-refractivity contribution in [2.75, 3.05) is 13.3 Å². The van der Waals surface area contributed by atoms with E-state index in [2.05, 4.69) is 5.32 Å². The molecule has 0 saturated carbocycles. The van der Waals surface area contributed by atoms with Crippen LogP contribution >= 0.6 is 0 Å². The van der Waals surface area contributed by atoms with E-state index in [1.165, 1.54) is 6.08 Å². The molecule has 1 heterocycles. The molecule has 1 aliphatic heterocycles. The molecule has 1 amide bonds. The Bertz CT molecular complexity index is 536. The fourth-order valence-electron chi connectivity index (χ4n) is 2.01. The lowest BCUT2D eigenvalue weighted by atomic mass is 9.94. The Morgan fingerprint density at radius 2 is 2.05 bits per heavy atom. The molecule has 0 spiro atoms. The summed E-state index contributed by atoms with van der Waals surface area (Å²) in [7, 11) is 0. The van der Waals surface area contributed by atoms with Gasteiger partial charge in [-0.25, -0.2) is 0 Å². The molecule has 1 aliphatic rings. The summed E-state index contributed by atoms with van der Waals surface area (Å²) in [5, 5.41) is 2.84. The van der Waals surface area contributed by atoms with Crippen molar-refractivity contribution < 1.29 is 14.3 Å². The van der Waals surface area contributed by atoms with Gasteiger partial charge in [0, 0.05) is 18.2 Å². The summed E-state index contributed by atoms with van der Waals surface area (Å²) in [5.74, 6) is 1.29. The number of nitrogens with one attached hydrogen (secondary N) is 1. The average Bonchev–Trinajstić information content (AvgIpc) is 2.98. The number of hydrogen-bond acceptors (Lipinski definition) is 4. The van der Waals surface area contributed by atoms with Gasteiger partial charge in [-0.15, -0.1) is 0 Å². The Morgan fingerprint density at radius 3 is 2.76 bits per heavy atom. The van der Waals surface area contributed by atoms with Gasteiger partial charge in [-0.3, -0.25) is 4.79 Å². The van der Waals surface area contributed by atoms with Gasteiger partial charge in [-0.2, -0.15) is 0 Å². The highest BCUT2D eigenvalue weighted by atomic mass is 16.7. The maximum absolute atomic E-state index is 11.8. The molecule has 2 rings (SSSR count). The summed E-state index contributed by atoms with van der Waals surface area (Å²) in [6, 6.07) is 5.55. The predicted octanol–water partition coefficient (Wildman–Crippen LogP) is 2.06. The molecule has 1 aromatic rings. The lowest BCUT2D eigenvalue weighted by Crippen LogP contribution is -2.48. The van der Waals surface area contributed by atoms with Gasteiger partial charge in [0.25, 0.3) is 0 Å². The number of nitrogens with two attached hydrogens (primary N) is 1. The largest absolute Gasteiger partial charge is 0.454 e. The number of carbonyl (C=O) groups is 1. The molecule has 21 heavy (non-hydrogen) atoms. The van der Waals surface area contributed by atoms with Crippen LogP contribution in [0.25, 0.3) is 6.08 Å². The molecule has 0 unspecified atom stereocenters. The first kappa shape index (κ1) is 15.4. The molecule has 5 nitrogen and oxygen atoms in total. The number of hydrogen-bond donors (Lipinski definition) is 2. The zero-order valence-corrected chi connectivity index (χ0v) is 12.5. The topological polar surface area (TPSA) is 73.6 Å². The van der Waals surface area contributed by atoms with Crippen molar-refractivity contribution in [3.8, 4) is 11.5 Å². The zero-order valence-electron chi connectivity index (χ0n) is 12.5. The molecule has 0 aromatic heterocycles. The molecule has 3 N–H and O–H groups in total. The number of benzene rings is 1. The second kappa shape index (κ2) is 6.63. The highest BCUT2D eigenvalue weighted by Crippen LogP contribution is 2.32. The second-order valence-corrected chi connectivity index (χ2v) is 5.23. The summed E-state index contributed by atoms with van der Waals surface area (Å²) in [4.78, 5) is 11.8. The molecule has 0 saturated heterocycles. The average molecular weight is 290 g/mol. The van der Waals surface area contributed by atoms with Crippen LogP contribution in [-0.2, 0) is 4.79 Å². The van der Waals surface area contributed by atoms with Crippen LogP contribution in [0, 0.1) is 0 Å². The minimum absolute atomic E-state index is 0.149. The quantitative estimate of drug-likeness (QED) is 0.787. The third-order valence-corrected chi connectivity index (χ3v) is 3.85. The van der Waals surface area contributed by atoms with Gasteiger partial charge >= 0.3 is 0 Å². The first-order valence-electron chi connectivity index (χ1n) is 7.21. The Morgan fingerprint density at radius 1 is 1.33 bits per heavy atom. The van der Waals surface area contributed by atoms with Gasteiger partial charge in [-0.05, 0) is 36.6 Å². The fraction of sp³-hybridized carbons (Fsp3) is 0.438. The number of fused-ring (bicyclic) bond motifs is 1. The molecule has 0 aliphatic carbocycles. The first-order chi connectivity index (χ1) is 10.1. The van der Waals surface area contributed by atoms with Gasteiger partial charge in [0.1, 0.15) is 0 Å². The minimum Gasteiger partial charge on any atom is -0.454 e. The Hall–Kier alpha value is -2.01. The summed E-state index contributed by atoms with van der Waals surface area (Å²) in [6.07, 6.45) is 4.90. The fourth-order valence-corrected chi connectivity index (χ4v) is 2.01. The van der Waals surface area contributed by atoms with Crippen LogP contribution in [0.2, 0.25) is 0 Å². The SMILES string of the molecule is CCC(N)(CC)CNC(=O)/C=C/c1ccc2c(c1)OCO2. The van der Waals surface area contributed by atoms with Gasteiger partial charge in [-0.1, -0.05) is 19.9 Å². The summed E-state index contributed by atoms with van der Waals surface area (Å²) >= 11 is 0. The van der Waals surface area contributed by atoms with Crippen LogP contribution in [0.1, 0.15) is 32.3 Å².